The summed E-state index contributed by atoms with van der Waals surface area (Å²) in [7, 11) is 1.29. The highest BCUT2D eigenvalue weighted by atomic mass is 35.5. The van der Waals surface area contributed by atoms with Crippen molar-refractivity contribution in [3.63, 3.8) is 0 Å². The number of ether oxygens (including phenoxy) is 2. The third kappa shape index (κ3) is 4.50. The first-order valence-electron chi connectivity index (χ1n) is 8.18. The molecule has 0 saturated carbocycles. The van der Waals surface area contributed by atoms with E-state index in [1.807, 2.05) is 6.07 Å². The number of hydrogen-bond acceptors (Lipinski definition) is 6. The normalized spacial score (nSPS) is 14.0. The summed E-state index contributed by atoms with van der Waals surface area (Å²) in [5.41, 5.74) is 1.56. The maximum atomic E-state index is 12.5. The molecule has 0 radical (unpaired) electrons. The number of nitrogens with zero attached hydrogens (tertiary/aromatic N) is 2. The van der Waals surface area contributed by atoms with E-state index in [1.165, 1.54) is 19.2 Å². The van der Waals surface area contributed by atoms with E-state index in [1.54, 1.807) is 12.1 Å². The fraction of sp³-hybridized carbons (Fsp3) is 0.278. The molecule has 2 heterocycles. The zero-order valence-electron chi connectivity index (χ0n) is 14.5. The molecule has 3 rings (SSSR count). The number of aromatic nitrogens is 1. The van der Waals surface area contributed by atoms with Gasteiger partial charge in [-0.05, 0) is 30.3 Å². The fourth-order valence-corrected chi connectivity index (χ4v) is 3.14. The van der Waals surface area contributed by atoms with E-state index >= 15 is 0 Å². The summed E-state index contributed by atoms with van der Waals surface area (Å²) in [5, 5.41) is 2.84. The molecule has 1 aliphatic rings. The van der Waals surface area contributed by atoms with Gasteiger partial charge < -0.3 is 19.7 Å². The predicted molar refractivity (Wildman–Crippen MR) is 103 cm³/mol. The number of benzene rings is 1. The number of carbonyl (C=O) groups is 2. The Morgan fingerprint density at radius 1 is 1.15 bits per heavy atom. The number of methoxy groups -OCH3 is 1. The van der Waals surface area contributed by atoms with Crippen molar-refractivity contribution in [3.05, 3.63) is 51.8 Å². The zero-order chi connectivity index (χ0) is 19.4. The van der Waals surface area contributed by atoms with Crippen molar-refractivity contribution in [1.82, 2.24) is 4.98 Å². The summed E-state index contributed by atoms with van der Waals surface area (Å²) in [4.78, 5) is 30.7. The monoisotopic (exact) mass is 409 g/mol. The average Bonchev–Trinajstić information content (AvgIpc) is 2.68. The number of hydrogen-bond donors (Lipinski definition) is 1. The van der Waals surface area contributed by atoms with Crippen LogP contribution in [0.3, 0.4) is 0 Å². The summed E-state index contributed by atoms with van der Waals surface area (Å²) in [6.07, 6.45) is 0. The van der Waals surface area contributed by atoms with Gasteiger partial charge in [-0.25, -0.2) is 9.78 Å². The van der Waals surface area contributed by atoms with Crippen molar-refractivity contribution in [3.8, 4) is 0 Å². The maximum Gasteiger partial charge on any atom is 0.340 e. The molecule has 1 saturated heterocycles. The van der Waals surface area contributed by atoms with Crippen molar-refractivity contribution in [2.75, 3.05) is 43.6 Å². The van der Waals surface area contributed by atoms with E-state index in [0.717, 1.165) is 18.8 Å². The summed E-state index contributed by atoms with van der Waals surface area (Å²) in [6.45, 7) is 2.68. The predicted octanol–water partition coefficient (Wildman–Crippen LogP) is 3.26. The van der Waals surface area contributed by atoms with Crippen LogP contribution in [0.4, 0.5) is 11.4 Å². The van der Waals surface area contributed by atoms with E-state index in [0.29, 0.717) is 18.9 Å². The minimum atomic E-state index is -0.555. The number of anilines is 2. The molecule has 0 bridgehead atoms. The Morgan fingerprint density at radius 3 is 2.56 bits per heavy atom. The van der Waals surface area contributed by atoms with Crippen molar-refractivity contribution in [2.24, 2.45) is 0 Å². The molecule has 1 N–H and O–H groups in total. The molecule has 1 aromatic carbocycles. The van der Waals surface area contributed by atoms with Crippen LogP contribution in [0.5, 0.6) is 0 Å². The smallest absolute Gasteiger partial charge is 0.340 e. The largest absolute Gasteiger partial charge is 0.465 e. The van der Waals surface area contributed by atoms with Gasteiger partial charge in [0.05, 0.1) is 37.1 Å². The molecule has 0 unspecified atom stereocenters. The number of pyridine rings is 1. The van der Waals surface area contributed by atoms with Gasteiger partial charge >= 0.3 is 5.97 Å². The van der Waals surface area contributed by atoms with Crippen LogP contribution in [-0.2, 0) is 9.47 Å². The molecule has 0 atom stereocenters. The first-order chi connectivity index (χ1) is 13.0. The second-order valence-corrected chi connectivity index (χ2v) is 6.49. The van der Waals surface area contributed by atoms with E-state index in [9.17, 15) is 9.59 Å². The van der Waals surface area contributed by atoms with Gasteiger partial charge in [-0.1, -0.05) is 23.2 Å². The maximum absolute atomic E-state index is 12.5. The summed E-state index contributed by atoms with van der Waals surface area (Å²) < 4.78 is 10.2. The second-order valence-electron chi connectivity index (χ2n) is 5.75. The van der Waals surface area contributed by atoms with Crippen LogP contribution < -0.4 is 10.2 Å². The molecule has 1 aliphatic heterocycles. The van der Waals surface area contributed by atoms with Gasteiger partial charge in [-0.15, -0.1) is 0 Å². The molecule has 0 spiro atoms. The van der Waals surface area contributed by atoms with Crippen molar-refractivity contribution in [2.45, 2.75) is 0 Å². The van der Waals surface area contributed by atoms with Gasteiger partial charge in [0.1, 0.15) is 10.3 Å². The van der Waals surface area contributed by atoms with Crippen LogP contribution in [0.15, 0.2) is 30.3 Å². The number of halogens is 2. The Balaban J connectivity index is 1.89. The lowest BCUT2D eigenvalue weighted by atomic mass is 10.1. The standard InChI is InChI=1S/C18H17Cl2N3O4/c1-26-18(25)13-10-11(23-6-8-27-9-7-23)2-4-14(13)21-17(24)12-3-5-15(19)22-16(12)20/h2-5,10H,6-9H2,1H3,(H,21,24). The number of morpholine rings is 1. The summed E-state index contributed by atoms with van der Waals surface area (Å²) in [6, 6.07) is 8.10. The highest BCUT2D eigenvalue weighted by Gasteiger charge is 2.20. The molecule has 1 aromatic heterocycles. The van der Waals surface area contributed by atoms with E-state index in [2.05, 4.69) is 15.2 Å². The lowest BCUT2D eigenvalue weighted by Gasteiger charge is -2.29. The van der Waals surface area contributed by atoms with Crippen molar-refractivity contribution < 1.29 is 19.1 Å². The van der Waals surface area contributed by atoms with Crippen LogP contribution in [0, 0.1) is 0 Å². The Morgan fingerprint density at radius 2 is 1.89 bits per heavy atom. The minimum Gasteiger partial charge on any atom is -0.465 e. The Labute approximate surface area is 166 Å². The zero-order valence-corrected chi connectivity index (χ0v) is 16.0. The topological polar surface area (TPSA) is 80.8 Å². The van der Waals surface area contributed by atoms with E-state index < -0.39 is 11.9 Å². The molecule has 142 valence electrons. The third-order valence-electron chi connectivity index (χ3n) is 4.09. The number of nitrogens with one attached hydrogen (secondary N) is 1. The highest BCUT2D eigenvalue weighted by molar-refractivity contribution is 6.35. The van der Waals surface area contributed by atoms with E-state index in [4.69, 9.17) is 32.7 Å². The molecule has 27 heavy (non-hydrogen) atoms. The number of rotatable bonds is 4. The molecule has 9 heteroatoms. The van der Waals surface area contributed by atoms with Crippen LogP contribution in [0.2, 0.25) is 10.3 Å². The molecule has 1 amide bonds. The van der Waals surface area contributed by atoms with Crippen LogP contribution in [-0.4, -0.2) is 50.3 Å². The van der Waals surface area contributed by atoms with Crippen LogP contribution in [0.25, 0.3) is 0 Å². The lowest BCUT2D eigenvalue weighted by molar-refractivity contribution is 0.0602. The minimum absolute atomic E-state index is 0.0236. The van der Waals surface area contributed by atoms with Gasteiger partial charge in [0.15, 0.2) is 0 Å². The lowest BCUT2D eigenvalue weighted by Crippen LogP contribution is -2.36. The molecule has 2 aromatic rings. The second kappa shape index (κ2) is 8.56. The van der Waals surface area contributed by atoms with Gasteiger partial charge in [0, 0.05) is 18.8 Å². The molecule has 7 nitrogen and oxygen atoms in total. The quantitative estimate of drug-likeness (QED) is 0.616. The molecular formula is C18H17Cl2N3O4. The van der Waals surface area contributed by atoms with Crippen molar-refractivity contribution >= 4 is 46.5 Å². The SMILES string of the molecule is COC(=O)c1cc(N2CCOCC2)ccc1NC(=O)c1ccc(Cl)nc1Cl. The first kappa shape index (κ1) is 19.4. The third-order valence-corrected chi connectivity index (χ3v) is 4.59. The summed E-state index contributed by atoms with van der Waals surface area (Å²) >= 11 is 11.7. The van der Waals surface area contributed by atoms with Crippen molar-refractivity contribution in [1.29, 1.82) is 0 Å². The number of esters is 1. The van der Waals surface area contributed by atoms with Gasteiger partial charge in [-0.3, -0.25) is 4.79 Å². The Bertz CT molecular complexity index is 870. The number of carbonyl (C=O) groups excluding carboxylic acids is 2. The van der Waals surface area contributed by atoms with Crippen LogP contribution in [0.1, 0.15) is 20.7 Å². The molecule has 0 aliphatic carbocycles. The molecular weight excluding hydrogens is 393 g/mol. The van der Waals surface area contributed by atoms with Gasteiger partial charge in [0.2, 0.25) is 0 Å². The number of amides is 1. The average molecular weight is 410 g/mol. The Kier molecular flexibility index (Phi) is 6.15. The van der Waals surface area contributed by atoms with Gasteiger partial charge in [0.25, 0.3) is 5.91 Å². The van der Waals surface area contributed by atoms with Crippen LogP contribution >= 0.6 is 23.2 Å². The van der Waals surface area contributed by atoms with E-state index in [-0.39, 0.29) is 21.4 Å². The Hall–Kier alpha value is -2.35. The summed E-state index contributed by atoms with van der Waals surface area (Å²) in [5.74, 6) is -1.06. The molecule has 1 fully saturated rings. The van der Waals surface area contributed by atoms with Gasteiger partial charge in [-0.2, -0.15) is 0 Å². The fourth-order valence-electron chi connectivity index (χ4n) is 2.71. The first-order valence-corrected chi connectivity index (χ1v) is 8.93. The highest BCUT2D eigenvalue weighted by Crippen LogP contribution is 2.26.